The number of halogens is 2. The van der Waals surface area contributed by atoms with E-state index in [1.54, 1.807) is 16.4 Å². The van der Waals surface area contributed by atoms with E-state index in [0.29, 0.717) is 22.5 Å². The second-order valence-electron chi connectivity index (χ2n) is 4.92. The first-order valence-corrected chi connectivity index (χ1v) is 8.62. The Labute approximate surface area is 135 Å². The van der Waals surface area contributed by atoms with Crippen LogP contribution in [0.2, 0.25) is 0 Å². The highest BCUT2D eigenvalue weighted by molar-refractivity contribution is 9.10. The predicted molar refractivity (Wildman–Crippen MR) is 87.0 cm³/mol. The van der Waals surface area contributed by atoms with Gasteiger partial charge in [0.05, 0.1) is 4.90 Å². The van der Waals surface area contributed by atoms with E-state index in [4.69, 9.17) is 0 Å². The molecule has 114 valence electrons. The van der Waals surface area contributed by atoms with Crippen LogP contribution in [-0.2, 0) is 10.0 Å². The molecule has 0 saturated carbocycles. The number of hydrogen-bond acceptors (Lipinski definition) is 3. The third-order valence-corrected chi connectivity index (χ3v) is 6.36. The van der Waals surface area contributed by atoms with Crippen molar-refractivity contribution in [1.82, 2.24) is 9.62 Å². The molecule has 1 aliphatic rings. The molecule has 0 radical (unpaired) electrons. The first kappa shape index (κ1) is 17.9. The van der Waals surface area contributed by atoms with E-state index in [1.165, 1.54) is 0 Å². The molecule has 1 aliphatic heterocycles. The van der Waals surface area contributed by atoms with Crippen LogP contribution in [0.4, 0.5) is 0 Å². The SMILES string of the molecule is CNC1CCCN(S(=O)(=O)c2cc(C)ccc2Br)C1.Cl. The third kappa shape index (κ3) is 3.74. The molecule has 1 N–H and O–H groups in total. The molecule has 0 aromatic heterocycles. The minimum absolute atomic E-state index is 0. The van der Waals surface area contributed by atoms with Gasteiger partial charge in [0, 0.05) is 23.6 Å². The molecule has 0 bridgehead atoms. The summed E-state index contributed by atoms with van der Waals surface area (Å²) >= 11 is 3.34. The standard InChI is InChI=1S/C13H19BrN2O2S.ClH/c1-10-5-6-12(14)13(8-10)19(17,18)16-7-3-4-11(9-16)15-2;/h5-6,8,11,15H,3-4,7,9H2,1-2H3;1H. The highest BCUT2D eigenvalue weighted by atomic mass is 79.9. The Morgan fingerprint density at radius 2 is 2.10 bits per heavy atom. The van der Waals surface area contributed by atoms with Crippen molar-refractivity contribution in [1.29, 1.82) is 0 Å². The molecule has 1 fully saturated rings. The number of rotatable bonds is 3. The number of likely N-dealkylation sites (N-methyl/N-ethyl adjacent to an activating group) is 1. The number of nitrogens with zero attached hydrogens (tertiary/aromatic N) is 1. The summed E-state index contributed by atoms with van der Waals surface area (Å²) in [6, 6.07) is 5.66. The second-order valence-corrected chi connectivity index (χ2v) is 7.69. The minimum atomic E-state index is -3.41. The van der Waals surface area contributed by atoms with Gasteiger partial charge in [0.15, 0.2) is 0 Å². The molecule has 1 atom stereocenters. The van der Waals surface area contributed by atoms with Crippen LogP contribution in [0.1, 0.15) is 18.4 Å². The lowest BCUT2D eigenvalue weighted by atomic mass is 10.1. The molecular formula is C13H20BrClN2O2S. The van der Waals surface area contributed by atoms with Gasteiger partial charge in [0.25, 0.3) is 0 Å². The van der Waals surface area contributed by atoms with E-state index in [1.807, 2.05) is 20.0 Å². The zero-order chi connectivity index (χ0) is 14.0. The van der Waals surface area contributed by atoms with Gasteiger partial charge < -0.3 is 5.32 Å². The lowest BCUT2D eigenvalue weighted by Crippen LogP contribution is -2.46. The van der Waals surface area contributed by atoms with Crippen LogP contribution < -0.4 is 5.32 Å². The van der Waals surface area contributed by atoms with Crippen LogP contribution in [0.3, 0.4) is 0 Å². The molecule has 1 saturated heterocycles. The zero-order valence-corrected chi connectivity index (χ0v) is 14.8. The summed E-state index contributed by atoms with van der Waals surface area (Å²) in [6.07, 6.45) is 1.92. The normalized spacial score (nSPS) is 20.4. The lowest BCUT2D eigenvalue weighted by Gasteiger charge is -2.32. The number of piperidine rings is 1. The maximum Gasteiger partial charge on any atom is 0.244 e. The Kier molecular flexibility index (Phi) is 6.47. The van der Waals surface area contributed by atoms with Gasteiger partial charge in [-0.15, -0.1) is 12.4 Å². The van der Waals surface area contributed by atoms with E-state index < -0.39 is 10.0 Å². The van der Waals surface area contributed by atoms with Crippen LogP contribution in [0, 0.1) is 6.92 Å². The predicted octanol–water partition coefficient (Wildman–Crippen LogP) is 2.55. The van der Waals surface area contributed by atoms with Crippen molar-refractivity contribution in [3.63, 3.8) is 0 Å². The molecule has 1 aromatic carbocycles. The quantitative estimate of drug-likeness (QED) is 0.872. The third-order valence-electron chi connectivity index (χ3n) is 3.50. The van der Waals surface area contributed by atoms with Crippen molar-refractivity contribution in [3.8, 4) is 0 Å². The number of sulfonamides is 1. The molecule has 20 heavy (non-hydrogen) atoms. The zero-order valence-electron chi connectivity index (χ0n) is 11.6. The number of aryl methyl sites for hydroxylation is 1. The smallest absolute Gasteiger partial charge is 0.244 e. The van der Waals surface area contributed by atoms with Crippen molar-refractivity contribution >= 4 is 38.4 Å². The summed E-state index contributed by atoms with van der Waals surface area (Å²) in [6.45, 7) is 3.04. The fourth-order valence-corrected chi connectivity index (χ4v) is 4.88. The average molecular weight is 384 g/mol. The van der Waals surface area contributed by atoms with Crippen molar-refractivity contribution < 1.29 is 8.42 Å². The second kappa shape index (κ2) is 7.22. The monoisotopic (exact) mass is 382 g/mol. The summed E-state index contributed by atoms with van der Waals surface area (Å²) in [5.41, 5.74) is 0.948. The van der Waals surface area contributed by atoms with E-state index in [9.17, 15) is 8.42 Å². The van der Waals surface area contributed by atoms with E-state index in [0.717, 1.165) is 18.4 Å². The fraction of sp³-hybridized carbons (Fsp3) is 0.538. The molecule has 1 unspecified atom stereocenters. The molecule has 1 heterocycles. The van der Waals surface area contributed by atoms with Crippen LogP contribution in [0.5, 0.6) is 0 Å². The fourth-order valence-electron chi connectivity index (χ4n) is 2.34. The van der Waals surface area contributed by atoms with E-state index in [2.05, 4.69) is 21.2 Å². The van der Waals surface area contributed by atoms with Gasteiger partial charge in [0.1, 0.15) is 0 Å². The maximum absolute atomic E-state index is 12.7. The lowest BCUT2D eigenvalue weighted by molar-refractivity contribution is 0.292. The summed E-state index contributed by atoms with van der Waals surface area (Å²) in [5.74, 6) is 0. The largest absolute Gasteiger partial charge is 0.316 e. The summed E-state index contributed by atoms with van der Waals surface area (Å²) < 4.78 is 27.6. The Morgan fingerprint density at radius 1 is 1.40 bits per heavy atom. The van der Waals surface area contributed by atoms with E-state index in [-0.39, 0.29) is 18.4 Å². The van der Waals surface area contributed by atoms with Crippen LogP contribution >= 0.6 is 28.3 Å². The minimum Gasteiger partial charge on any atom is -0.316 e. The molecule has 0 spiro atoms. The highest BCUT2D eigenvalue weighted by Crippen LogP contribution is 2.27. The van der Waals surface area contributed by atoms with Crippen LogP contribution in [0.15, 0.2) is 27.6 Å². The van der Waals surface area contributed by atoms with Gasteiger partial charge in [0.2, 0.25) is 10.0 Å². The first-order chi connectivity index (χ1) is 8.95. The van der Waals surface area contributed by atoms with Gasteiger partial charge in [-0.2, -0.15) is 4.31 Å². The van der Waals surface area contributed by atoms with Gasteiger partial charge in [-0.25, -0.2) is 8.42 Å². The number of hydrogen-bond donors (Lipinski definition) is 1. The summed E-state index contributed by atoms with van der Waals surface area (Å²) in [7, 11) is -1.53. The molecular weight excluding hydrogens is 364 g/mol. The molecule has 0 amide bonds. The molecule has 2 rings (SSSR count). The summed E-state index contributed by atoms with van der Waals surface area (Å²) in [5, 5.41) is 3.17. The average Bonchev–Trinajstić information content (AvgIpc) is 2.41. The highest BCUT2D eigenvalue weighted by Gasteiger charge is 2.30. The van der Waals surface area contributed by atoms with Crippen LogP contribution in [0.25, 0.3) is 0 Å². The number of nitrogens with one attached hydrogen (secondary N) is 1. The van der Waals surface area contributed by atoms with Gasteiger partial charge in [-0.3, -0.25) is 0 Å². The molecule has 0 aliphatic carbocycles. The molecule has 7 heteroatoms. The Hall–Kier alpha value is -0.140. The topological polar surface area (TPSA) is 49.4 Å². The van der Waals surface area contributed by atoms with Crippen molar-refractivity contribution in [3.05, 3.63) is 28.2 Å². The Bertz CT molecular complexity index is 565. The number of benzene rings is 1. The Balaban J connectivity index is 0.00000200. The van der Waals surface area contributed by atoms with Crippen LogP contribution in [-0.4, -0.2) is 38.9 Å². The van der Waals surface area contributed by atoms with Gasteiger partial charge in [-0.05, 0) is 60.4 Å². The van der Waals surface area contributed by atoms with Gasteiger partial charge >= 0.3 is 0 Å². The maximum atomic E-state index is 12.7. The Morgan fingerprint density at radius 3 is 2.75 bits per heavy atom. The molecule has 1 aromatic rings. The van der Waals surface area contributed by atoms with Crippen molar-refractivity contribution in [2.75, 3.05) is 20.1 Å². The van der Waals surface area contributed by atoms with Gasteiger partial charge in [-0.1, -0.05) is 6.07 Å². The first-order valence-electron chi connectivity index (χ1n) is 6.38. The summed E-state index contributed by atoms with van der Waals surface area (Å²) in [4.78, 5) is 0.365. The van der Waals surface area contributed by atoms with E-state index >= 15 is 0 Å². The van der Waals surface area contributed by atoms with Crippen molar-refractivity contribution in [2.45, 2.75) is 30.7 Å². The molecule has 4 nitrogen and oxygen atoms in total. The van der Waals surface area contributed by atoms with Crippen molar-refractivity contribution in [2.24, 2.45) is 0 Å².